The number of rotatable bonds is 2. The van der Waals surface area contributed by atoms with Gasteiger partial charge in [-0.2, -0.15) is 0 Å². The third-order valence-corrected chi connectivity index (χ3v) is 5.63. The maximum Gasteiger partial charge on any atom is 0.410 e. The van der Waals surface area contributed by atoms with Crippen LogP contribution in [0.2, 0.25) is 0 Å². The summed E-state index contributed by atoms with van der Waals surface area (Å²) in [6.45, 7) is 16.4. The summed E-state index contributed by atoms with van der Waals surface area (Å²) >= 11 is 0. The molecule has 156 valence electrons. The van der Waals surface area contributed by atoms with Gasteiger partial charge in [-0.15, -0.1) is 0 Å². The summed E-state index contributed by atoms with van der Waals surface area (Å²) in [5.74, 6) is 0.634. The molecule has 6 heteroatoms. The van der Waals surface area contributed by atoms with Crippen molar-refractivity contribution in [2.75, 3.05) is 39.8 Å². The van der Waals surface area contributed by atoms with Gasteiger partial charge in [0.2, 0.25) is 5.91 Å². The van der Waals surface area contributed by atoms with Gasteiger partial charge in [-0.1, -0.05) is 20.8 Å². The molecule has 0 aromatic carbocycles. The smallest absolute Gasteiger partial charge is 0.410 e. The zero-order valence-electron chi connectivity index (χ0n) is 18.4. The number of ether oxygens (including phenoxy) is 1. The van der Waals surface area contributed by atoms with Crippen molar-refractivity contribution in [1.82, 2.24) is 14.7 Å². The van der Waals surface area contributed by atoms with Gasteiger partial charge in [-0.05, 0) is 52.0 Å². The van der Waals surface area contributed by atoms with Crippen LogP contribution in [-0.4, -0.2) is 78.1 Å². The summed E-state index contributed by atoms with van der Waals surface area (Å²) in [6.07, 6.45) is 2.11. The summed E-state index contributed by atoms with van der Waals surface area (Å²) in [4.78, 5) is 31.4. The van der Waals surface area contributed by atoms with Crippen molar-refractivity contribution >= 4 is 12.0 Å². The molecule has 1 atom stereocenters. The van der Waals surface area contributed by atoms with Gasteiger partial charge in [0, 0.05) is 45.2 Å². The summed E-state index contributed by atoms with van der Waals surface area (Å²) in [5, 5.41) is 0. The molecule has 0 aromatic heterocycles. The molecule has 2 amide bonds. The number of piperazine rings is 1. The van der Waals surface area contributed by atoms with Crippen LogP contribution in [0.3, 0.4) is 0 Å². The molecule has 0 radical (unpaired) electrons. The number of hydrogen-bond acceptors (Lipinski definition) is 4. The first-order valence-electron chi connectivity index (χ1n) is 10.3. The monoisotopic (exact) mass is 381 g/mol. The second kappa shape index (κ2) is 8.38. The van der Waals surface area contributed by atoms with Crippen molar-refractivity contribution < 1.29 is 14.3 Å². The summed E-state index contributed by atoms with van der Waals surface area (Å²) < 4.78 is 5.46. The molecule has 0 aliphatic carbocycles. The zero-order chi connectivity index (χ0) is 20.4. The van der Waals surface area contributed by atoms with Crippen LogP contribution in [0, 0.1) is 11.3 Å². The molecule has 2 aliphatic heterocycles. The largest absolute Gasteiger partial charge is 0.444 e. The highest BCUT2D eigenvalue weighted by atomic mass is 16.6. The molecule has 2 rings (SSSR count). The van der Waals surface area contributed by atoms with Crippen LogP contribution in [-0.2, 0) is 9.53 Å². The van der Waals surface area contributed by atoms with E-state index in [0.29, 0.717) is 25.4 Å². The molecule has 6 nitrogen and oxygen atoms in total. The summed E-state index contributed by atoms with van der Waals surface area (Å²) in [6, 6.07) is 0.255. The highest BCUT2D eigenvalue weighted by molar-refractivity contribution is 5.77. The lowest BCUT2D eigenvalue weighted by molar-refractivity contribution is -0.140. The van der Waals surface area contributed by atoms with E-state index in [4.69, 9.17) is 4.74 Å². The fraction of sp³-hybridized carbons (Fsp3) is 0.905. The molecule has 0 aromatic rings. The van der Waals surface area contributed by atoms with Crippen LogP contribution in [0.5, 0.6) is 0 Å². The average molecular weight is 382 g/mol. The highest BCUT2D eigenvalue weighted by Gasteiger charge is 2.38. The minimum atomic E-state index is -0.465. The standard InChI is InChI=1S/C21H39N3O3/c1-20(2,3)17-15-22(7)12-13-24(17)18(25)14-16-8-10-23(11-9-16)19(26)27-21(4,5)6/h16-17H,8-15H2,1-7H3/t17-/m1/s1. The minimum absolute atomic E-state index is 0.0738. The summed E-state index contributed by atoms with van der Waals surface area (Å²) in [7, 11) is 2.13. The van der Waals surface area contributed by atoms with Crippen molar-refractivity contribution in [3.63, 3.8) is 0 Å². The second-order valence-electron chi connectivity index (χ2n) is 10.3. The molecule has 0 spiro atoms. The van der Waals surface area contributed by atoms with Crippen molar-refractivity contribution in [2.24, 2.45) is 11.3 Å². The van der Waals surface area contributed by atoms with Gasteiger partial charge in [0.25, 0.3) is 0 Å². The van der Waals surface area contributed by atoms with Gasteiger partial charge >= 0.3 is 6.09 Å². The van der Waals surface area contributed by atoms with Crippen molar-refractivity contribution in [2.45, 2.75) is 72.4 Å². The predicted octanol–water partition coefficient (Wildman–Crippen LogP) is 3.21. The number of hydrogen-bond donors (Lipinski definition) is 0. The molecule has 0 N–H and O–H groups in total. The number of amides is 2. The fourth-order valence-corrected chi connectivity index (χ4v) is 3.97. The van der Waals surface area contributed by atoms with E-state index in [0.717, 1.165) is 32.5 Å². The van der Waals surface area contributed by atoms with E-state index in [1.165, 1.54) is 0 Å². The Kier molecular flexibility index (Phi) is 6.82. The maximum atomic E-state index is 13.0. The molecule has 0 saturated carbocycles. The molecule has 2 fully saturated rings. The van der Waals surface area contributed by atoms with Gasteiger partial charge in [0.1, 0.15) is 5.60 Å². The van der Waals surface area contributed by atoms with Crippen molar-refractivity contribution in [1.29, 1.82) is 0 Å². The second-order valence-corrected chi connectivity index (χ2v) is 10.3. The van der Waals surface area contributed by atoms with Gasteiger partial charge in [0.05, 0.1) is 0 Å². The molecule has 2 aliphatic rings. The number of likely N-dealkylation sites (N-methyl/N-ethyl adjacent to an activating group) is 1. The lowest BCUT2D eigenvalue weighted by atomic mass is 9.83. The Morgan fingerprint density at radius 1 is 0.963 bits per heavy atom. The average Bonchev–Trinajstić information content (AvgIpc) is 2.53. The topological polar surface area (TPSA) is 53.1 Å². The van der Waals surface area contributed by atoms with E-state index < -0.39 is 5.60 Å². The van der Waals surface area contributed by atoms with E-state index in [1.54, 1.807) is 4.90 Å². The van der Waals surface area contributed by atoms with E-state index in [-0.39, 0.29) is 23.5 Å². The Labute approximate surface area is 165 Å². The number of carbonyl (C=O) groups is 2. The van der Waals surface area contributed by atoms with Gasteiger partial charge in [0.15, 0.2) is 0 Å². The van der Waals surface area contributed by atoms with E-state index >= 15 is 0 Å². The Morgan fingerprint density at radius 2 is 1.56 bits per heavy atom. The van der Waals surface area contributed by atoms with Crippen LogP contribution < -0.4 is 0 Å². The summed E-state index contributed by atoms with van der Waals surface area (Å²) in [5.41, 5.74) is -0.391. The van der Waals surface area contributed by atoms with Crippen LogP contribution in [0.25, 0.3) is 0 Å². The number of piperidine rings is 1. The van der Waals surface area contributed by atoms with Crippen LogP contribution >= 0.6 is 0 Å². The Balaban J connectivity index is 1.87. The lowest BCUT2D eigenvalue weighted by Crippen LogP contribution is -2.59. The third kappa shape index (κ3) is 6.37. The number of carbonyl (C=O) groups excluding carboxylic acids is 2. The van der Waals surface area contributed by atoms with Crippen molar-refractivity contribution in [3.8, 4) is 0 Å². The third-order valence-electron chi connectivity index (χ3n) is 5.63. The SMILES string of the molecule is CN1CCN(C(=O)CC2CCN(C(=O)OC(C)(C)C)CC2)[C@@H](C(C)(C)C)C1. The Hall–Kier alpha value is -1.30. The fourth-order valence-electron chi connectivity index (χ4n) is 3.97. The van der Waals surface area contributed by atoms with Crippen LogP contribution in [0.4, 0.5) is 4.79 Å². The first-order valence-corrected chi connectivity index (χ1v) is 10.3. The van der Waals surface area contributed by atoms with E-state index in [9.17, 15) is 9.59 Å². The zero-order valence-corrected chi connectivity index (χ0v) is 18.4. The van der Waals surface area contributed by atoms with E-state index in [2.05, 4.69) is 37.6 Å². The maximum absolute atomic E-state index is 13.0. The van der Waals surface area contributed by atoms with Crippen LogP contribution in [0.15, 0.2) is 0 Å². The normalized spacial score (nSPS) is 23.4. The van der Waals surface area contributed by atoms with Gasteiger partial charge < -0.3 is 19.4 Å². The predicted molar refractivity (Wildman–Crippen MR) is 108 cm³/mol. The number of likely N-dealkylation sites (tertiary alicyclic amines) is 1. The lowest BCUT2D eigenvalue weighted by Gasteiger charge is -2.47. The molecule has 27 heavy (non-hydrogen) atoms. The molecular formula is C21H39N3O3. The Morgan fingerprint density at radius 3 is 2.07 bits per heavy atom. The number of nitrogens with zero attached hydrogens (tertiary/aromatic N) is 3. The minimum Gasteiger partial charge on any atom is -0.444 e. The first-order chi connectivity index (χ1) is 12.4. The van der Waals surface area contributed by atoms with E-state index in [1.807, 2.05) is 20.8 Å². The Bertz CT molecular complexity index is 528. The first kappa shape index (κ1) is 22.0. The molecule has 2 saturated heterocycles. The van der Waals surface area contributed by atoms with Crippen LogP contribution in [0.1, 0.15) is 60.8 Å². The molecule has 0 bridgehead atoms. The molecule has 2 heterocycles. The van der Waals surface area contributed by atoms with Gasteiger partial charge in [-0.3, -0.25) is 4.79 Å². The highest BCUT2D eigenvalue weighted by Crippen LogP contribution is 2.30. The quantitative estimate of drug-likeness (QED) is 0.737. The van der Waals surface area contributed by atoms with Gasteiger partial charge in [-0.25, -0.2) is 4.79 Å². The van der Waals surface area contributed by atoms with Crippen molar-refractivity contribution in [3.05, 3.63) is 0 Å². The molecule has 0 unspecified atom stereocenters. The molecular weight excluding hydrogens is 342 g/mol.